The van der Waals surface area contributed by atoms with Crippen LogP contribution in [0.25, 0.3) is 0 Å². The average Bonchev–Trinajstić information content (AvgIpc) is 2.76. The normalized spacial score (nSPS) is 15.2. The van der Waals surface area contributed by atoms with Crippen molar-refractivity contribution in [3.63, 3.8) is 0 Å². The van der Waals surface area contributed by atoms with Gasteiger partial charge in [0.1, 0.15) is 0 Å². The van der Waals surface area contributed by atoms with Gasteiger partial charge in [0.05, 0.1) is 6.54 Å². The summed E-state index contributed by atoms with van der Waals surface area (Å²) in [5.74, 6) is 1.67. The van der Waals surface area contributed by atoms with Crippen LogP contribution in [0.4, 0.5) is 5.95 Å². The van der Waals surface area contributed by atoms with Crippen molar-refractivity contribution in [2.24, 2.45) is 4.99 Å². The first kappa shape index (κ1) is 24.8. The van der Waals surface area contributed by atoms with E-state index in [0.717, 1.165) is 44.6 Å². The van der Waals surface area contributed by atoms with Crippen LogP contribution in [-0.4, -0.2) is 96.1 Å². The highest BCUT2D eigenvalue weighted by Gasteiger charge is 2.22. The topological polar surface area (TPSA) is 89.0 Å². The molecule has 1 saturated heterocycles. The Morgan fingerprint density at radius 1 is 1.10 bits per heavy atom. The molecule has 0 unspecified atom stereocenters. The number of aromatic nitrogens is 2. The molecule has 0 atom stereocenters. The van der Waals surface area contributed by atoms with Gasteiger partial charge in [-0.1, -0.05) is 0 Å². The summed E-state index contributed by atoms with van der Waals surface area (Å²) >= 11 is 0. The van der Waals surface area contributed by atoms with Crippen molar-refractivity contribution in [2.75, 3.05) is 57.3 Å². The van der Waals surface area contributed by atoms with E-state index in [1.807, 2.05) is 17.9 Å². The molecule has 1 fully saturated rings. The quantitative estimate of drug-likeness (QED) is 0.424. The Morgan fingerprint density at radius 2 is 1.74 bits per heavy atom. The number of hydrogen-bond donors (Lipinski definition) is 2. The molecular weight excluding hydrogens is 392 g/mol. The molecule has 2 heterocycles. The van der Waals surface area contributed by atoms with Crippen LogP contribution in [0.5, 0.6) is 0 Å². The van der Waals surface area contributed by atoms with Gasteiger partial charge in [-0.15, -0.1) is 0 Å². The third-order valence-electron chi connectivity index (χ3n) is 5.40. The molecule has 0 radical (unpaired) electrons. The minimum absolute atomic E-state index is 0.169. The van der Waals surface area contributed by atoms with Crippen molar-refractivity contribution in [1.82, 2.24) is 30.4 Å². The van der Waals surface area contributed by atoms with E-state index in [9.17, 15) is 4.79 Å². The molecule has 1 aliphatic rings. The number of anilines is 1. The highest BCUT2D eigenvalue weighted by atomic mass is 16.2. The van der Waals surface area contributed by atoms with E-state index in [1.54, 1.807) is 12.4 Å². The Labute approximate surface area is 187 Å². The Balaban J connectivity index is 1.73. The molecule has 1 aromatic rings. The van der Waals surface area contributed by atoms with E-state index in [-0.39, 0.29) is 5.91 Å². The van der Waals surface area contributed by atoms with Gasteiger partial charge >= 0.3 is 0 Å². The molecule has 0 saturated carbocycles. The van der Waals surface area contributed by atoms with Crippen molar-refractivity contribution >= 4 is 17.8 Å². The fraction of sp³-hybridized carbons (Fsp3) is 0.727. The van der Waals surface area contributed by atoms with Crippen molar-refractivity contribution in [1.29, 1.82) is 0 Å². The third-order valence-corrected chi connectivity index (χ3v) is 5.40. The van der Waals surface area contributed by atoms with Gasteiger partial charge < -0.3 is 20.4 Å². The van der Waals surface area contributed by atoms with Crippen LogP contribution in [0.15, 0.2) is 23.5 Å². The molecule has 0 aliphatic carbocycles. The number of rotatable bonds is 10. The number of carbonyl (C=O) groups excluding carboxylic acids is 1. The smallest absolute Gasteiger partial charge is 0.225 e. The van der Waals surface area contributed by atoms with Gasteiger partial charge in [-0.05, 0) is 40.7 Å². The fourth-order valence-corrected chi connectivity index (χ4v) is 3.79. The number of nitrogens with one attached hydrogen (secondary N) is 2. The molecule has 9 nitrogen and oxygen atoms in total. The number of guanidine groups is 1. The summed E-state index contributed by atoms with van der Waals surface area (Å²) in [5, 5.41) is 6.57. The van der Waals surface area contributed by atoms with E-state index < -0.39 is 0 Å². The summed E-state index contributed by atoms with van der Waals surface area (Å²) in [6, 6.07) is 2.81. The fourth-order valence-electron chi connectivity index (χ4n) is 3.79. The molecule has 1 aliphatic heterocycles. The van der Waals surface area contributed by atoms with Gasteiger partial charge in [0.25, 0.3) is 0 Å². The van der Waals surface area contributed by atoms with Crippen molar-refractivity contribution < 1.29 is 4.79 Å². The van der Waals surface area contributed by atoms with Gasteiger partial charge in [0, 0.05) is 76.7 Å². The molecule has 2 N–H and O–H groups in total. The van der Waals surface area contributed by atoms with Crippen LogP contribution in [-0.2, 0) is 4.79 Å². The largest absolute Gasteiger partial charge is 0.357 e. The molecule has 9 heteroatoms. The lowest BCUT2D eigenvalue weighted by molar-refractivity contribution is -0.131. The SMILES string of the molecule is CCNC(=NCCN(C(C)C)C(C)C)NCCC(=O)N1CCN(c2ncccn2)CC1. The maximum Gasteiger partial charge on any atom is 0.225 e. The molecule has 0 aromatic carbocycles. The van der Waals surface area contributed by atoms with Crippen molar-refractivity contribution in [2.45, 2.75) is 53.1 Å². The second-order valence-electron chi connectivity index (χ2n) is 8.28. The van der Waals surface area contributed by atoms with Crippen molar-refractivity contribution in [3.8, 4) is 0 Å². The summed E-state index contributed by atoms with van der Waals surface area (Å²) < 4.78 is 0. The Kier molecular flexibility index (Phi) is 10.5. The third kappa shape index (κ3) is 8.32. The molecule has 0 bridgehead atoms. The van der Waals surface area contributed by atoms with Crippen LogP contribution in [0.1, 0.15) is 41.0 Å². The van der Waals surface area contributed by atoms with Crippen LogP contribution >= 0.6 is 0 Å². The number of piperazine rings is 1. The van der Waals surface area contributed by atoms with E-state index in [2.05, 4.69) is 63.1 Å². The van der Waals surface area contributed by atoms with E-state index in [4.69, 9.17) is 0 Å². The number of hydrogen-bond acceptors (Lipinski definition) is 6. The number of nitrogens with zero attached hydrogens (tertiary/aromatic N) is 6. The van der Waals surface area contributed by atoms with Crippen molar-refractivity contribution in [3.05, 3.63) is 18.5 Å². The van der Waals surface area contributed by atoms with E-state index >= 15 is 0 Å². The lowest BCUT2D eigenvalue weighted by atomic mass is 10.2. The Hall–Kier alpha value is -2.42. The molecule has 31 heavy (non-hydrogen) atoms. The predicted molar refractivity (Wildman–Crippen MR) is 126 cm³/mol. The van der Waals surface area contributed by atoms with Crippen LogP contribution in [0, 0.1) is 0 Å². The monoisotopic (exact) mass is 432 g/mol. The lowest BCUT2D eigenvalue weighted by Crippen LogP contribution is -2.50. The zero-order valence-corrected chi connectivity index (χ0v) is 19.8. The number of amides is 1. The highest BCUT2D eigenvalue weighted by molar-refractivity contribution is 5.81. The summed E-state index contributed by atoms with van der Waals surface area (Å²) in [7, 11) is 0. The molecule has 174 valence electrons. The molecule has 0 spiro atoms. The summed E-state index contributed by atoms with van der Waals surface area (Å²) in [4.78, 5) is 32.3. The highest BCUT2D eigenvalue weighted by Crippen LogP contribution is 2.10. The number of carbonyl (C=O) groups is 1. The van der Waals surface area contributed by atoms with Gasteiger partial charge in [0.15, 0.2) is 5.96 Å². The maximum atomic E-state index is 12.6. The standard InChI is InChI=1S/C22H40N8O/c1-6-23-21(25-12-13-30(18(2)3)19(4)5)24-11-8-20(31)28-14-16-29(17-15-28)22-26-9-7-10-27-22/h7,9-10,18-19H,6,8,11-17H2,1-5H3,(H2,23,24,25). The van der Waals surface area contributed by atoms with E-state index in [0.29, 0.717) is 38.1 Å². The molecule has 1 amide bonds. The van der Waals surface area contributed by atoms with Gasteiger partial charge in [-0.3, -0.25) is 14.7 Å². The van der Waals surface area contributed by atoms with Crippen LogP contribution in [0.2, 0.25) is 0 Å². The summed E-state index contributed by atoms with van der Waals surface area (Å²) in [6.45, 7) is 16.8. The first-order valence-corrected chi connectivity index (χ1v) is 11.5. The first-order chi connectivity index (χ1) is 14.9. The molecule has 2 rings (SSSR count). The zero-order valence-electron chi connectivity index (χ0n) is 19.8. The Bertz CT molecular complexity index is 663. The molecular formula is C22H40N8O. The minimum atomic E-state index is 0.169. The maximum absolute atomic E-state index is 12.6. The first-order valence-electron chi connectivity index (χ1n) is 11.5. The van der Waals surface area contributed by atoms with Crippen LogP contribution < -0.4 is 15.5 Å². The van der Waals surface area contributed by atoms with Gasteiger partial charge in [-0.2, -0.15) is 0 Å². The lowest BCUT2D eigenvalue weighted by Gasteiger charge is -2.34. The second-order valence-corrected chi connectivity index (χ2v) is 8.28. The van der Waals surface area contributed by atoms with Gasteiger partial charge in [-0.25, -0.2) is 9.97 Å². The molecule has 1 aromatic heterocycles. The average molecular weight is 433 g/mol. The summed E-state index contributed by atoms with van der Waals surface area (Å²) in [6.07, 6.45) is 3.95. The predicted octanol–water partition coefficient (Wildman–Crippen LogP) is 1.19. The number of aliphatic imine (C=N–C) groups is 1. The second kappa shape index (κ2) is 13.1. The van der Waals surface area contributed by atoms with E-state index in [1.165, 1.54) is 0 Å². The Morgan fingerprint density at radius 3 is 2.32 bits per heavy atom. The van der Waals surface area contributed by atoms with Gasteiger partial charge in [0.2, 0.25) is 11.9 Å². The minimum Gasteiger partial charge on any atom is -0.357 e. The summed E-state index contributed by atoms with van der Waals surface area (Å²) in [5.41, 5.74) is 0. The zero-order chi connectivity index (χ0) is 22.6. The van der Waals surface area contributed by atoms with Crippen LogP contribution in [0.3, 0.4) is 0 Å².